The Morgan fingerprint density at radius 1 is 1.00 bits per heavy atom. The van der Waals surface area contributed by atoms with Crippen molar-refractivity contribution in [3.8, 4) is 0 Å². The molecule has 0 radical (unpaired) electrons. The molecular weight excluding hydrogens is 422 g/mol. The molecule has 6 nitrogen and oxygen atoms in total. The van der Waals surface area contributed by atoms with Crippen molar-refractivity contribution in [3.63, 3.8) is 0 Å². The lowest BCUT2D eigenvalue weighted by atomic mass is 10.2. The number of hydrogen-bond acceptors (Lipinski definition) is 4. The van der Waals surface area contributed by atoms with E-state index < -0.39 is 10.0 Å². The predicted octanol–water partition coefficient (Wildman–Crippen LogP) is 4.15. The molecule has 7 heteroatoms. The molecule has 1 amide bonds. The summed E-state index contributed by atoms with van der Waals surface area (Å²) in [5.74, 6) is -0.155. The van der Waals surface area contributed by atoms with Gasteiger partial charge < -0.3 is 10.2 Å². The Morgan fingerprint density at radius 2 is 1.72 bits per heavy atom. The molecule has 3 aromatic rings. The Balaban J connectivity index is 1.48. The number of anilines is 2. The normalized spacial score (nSPS) is 16.1. The van der Waals surface area contributed by atoms with Crippen LogP contribution in [0.25, 0.3) is 0 Å². The summed E-state index contributed by atoms with van der Waals surface area (Å²) < 4.78 is 27.6. The first-order valence-corrected chi connectivity index (χ1v) is 12.0. The van der Waals surface area contributed by atoms with E-state index in [2.05, 4.69) is 5.32 Å². The van der Waals surface area contributed by atoms with Gasteiger partial charge in [-0.2, -0.15) is 0 Å². The number of aryl methyl sites for hydroxylation is 1. The molecule has 3 aromatic carbocycles. The van der Waals surface area contributed by atoms with Gasteiger partial charge in [-0.05, 0) is 55.8 Å². The number of amides is 1. The van der Waals surface area contributed by atoms with Crippen LogP contribution in [-0.4, -0.2) is 45.4 Å². The van der Waals surface area contributed by atoms with Crippen molar-refractivity contribution < 1.29 is 13.2 Å². The molecule has 1 fully saturated rings. The molecule has 1 atom stereocenters. The van der Waals surface area contributed by atoms with Crippen LogP contribution in [0.1, 0.15) is 22.3 Å². The summed E-state index contributed by atoms with van der Waals surface area (Å²) in [4.78, 5) is 15.0. The number of carbonyl (C=O) groups excluding carboxylic acids is 1. The first-order valence-electron chi connectivity index (χ1n) is 10.6. The lowest BCUT2D eigenvalue weighted by Crippen LogP contribution is -2.32. The van der Waals surface area contributed by atoms with Gasteiger partial charge in [0.1, 0.15) is 0 Å². The van der Waals surface area contributed by atoms with Crippen molar-refractivity contribution >= 4 is 27.3 Å². The highest BCUT2D eigenvalue weighted by Crippen LogP contribution is 2.24. The van der Waals surface area contributed by atoms with Crippen LogP contribution in [0.4, 0.5) is 11.4 Å². The molecule has 0 bridgehead atoms. The molecule has 1 N–H and O–H groups in total. The van der Waals surface area contributed by atoms with Crippen LogP contribution < -0.4 is 9.62 Å². The van der Waals surface area contributed by atoms with Gasteiger partial charge in [-0.3, -0.25) is 9.10 Å². The van der Waals surface area contributed by atoms with Gasteiger partial charge in [-0.1, -0.05) is 42.0 Å². The Morgan fingerprint density at radius 3 is 2.44 bits per heavy atom. The third kappa shape index (κ3) is 4.62. The second-order valence-electron chi connectivity index (χ2n) is 8.08. The first kappa shape index (κ1) is 21.9. The molecule has 1 heterocycles. The number of carbonyl (C=O) groups is 1. The quantitative estimate of drug-likeness (QED) is 0.614. The summed E-state index contributed by atoms with van der Waals surface area (Å²) in [5.41, 5.74) is 3.03. The highest BCUT2D eigenvalue weighted by molar-refractivity contribution is 7.92. The van der Waals surface area contributed by atoms with E-state index in [-0.39, 0.29) is 16.8 Å². The van der Waals surface area contributed by atoms with Crippen LogP contribution >= 0.6 is 0 Å². The van der Waals surface area contributed by atoms with Gasteiger partial charge in [0.2, 0.25) is 0 Å². The van der Waals surface area contributed by atoms with E-state index in [0.717, 1.165) is 17.7 Å². The van der Waals surface area contributed by atoms with Crippen LogP contribution in [0.5, 0.6) is 0 Å². The monoisotopic (exact) mass is 449 g/mol. The van der Waals surface area contributed by atoms with Crippen molar-refractivity contribution in [1.29, 1.82) is 0 Å². The minimum atomic E-state index is -3.79. The molecule has 1 unspecified atom stereocenters. The topological polar surface area (TPSA) is 69.7 Å². The highest BCUT2D eigenvalue weighted by atomic mass is 32.2. The van der Waals surface area contributed by atoms with Crippen molar-refractivity contribution in [2.45, 2.75) is 24.3 Å². The standard InChI is InChI=1S/C25H27N3O3S/c1-19-11-13-23(14-12-19)27(2)32(30,31)24-10-6-7-20(17-24)25(29)28-16-15-22(18-28)26-21-8-4-3-5-9-21/h3-14,17,22,26H,15-16,18H2,1-2H3. The maximum absolute atomic E-state index is 13.2. The maximum atomic E-state index is 13.2. The fourth-order valence-electron chi connectivity index (χ4n) is 3.86. The van der Waals surface area contributed by atoms with Crippen LogP contribution in [-0.2, 0) is 10.0 Å². The van der Waals surface area contributed by atoms with E-state index in [9.17, 15) is 13.2 Å². The smallest absolute Gasteiger partial charge is 0.264 e. The van der Waals surface area contributed by atoms with Crippen LogP contribution in [0, 0.1) is 6.92 Å². The third-order valence-electron chi connectivity index (χ3n) is 5.76. The SMILES string of the molecule is Cc1ccc(N(C)S(=O)(=O)c2cccc(C(=O)N3CCC(Nc4ccccc4)C3)c2)cc1. The van der Waals surface area contributed by atoms with Crippen molar-refractivity contribution in [1.82, 2.24) is 4.90 Å². The summed E-state index contributed by atoms with van der Waals surface area (Å²) in [6.07, 6.45) is 0.842. The molecule has 4 rings (SSSR count). The average molecular weight is 450 g/mol. The number of likely N-dealkylation sites (tertiary alicyclic amines) is 1. The summed E-state index contributed by atoms with van der Waals surface area (Å²) in [5, 5.41) is 3.45. The van der Waals surface area contributed by atoms with E-state index in [1.807, 2.05) is 49.4 Å². The van der Waals surface area contributed by atoms with Gasteiger partial charge in [0.25, 0.3) is 15.9 Å². The predicted molar refractivity (Wildman–Crippen MR) is 128 cm³/mol. The lowest BCUT2D eigenvalue weighted by Gasteiger charge is -2.21. The Hall–Kier alpha value is -3.32. The van der Waals surface area contributed by atoms with E-state index in [1.54, 1.807) is 29.2 Å². The molecule has 1 aliphatic heterocycles. The Kier molecular flexibility index (Phi) is 6.19. The molecule has 0 spiro atoms. The van der Waals surface area contributed by atoms with E-state index >= 15 is 0 Å². The zero-order valence-corrected chi connectivity index (χ0v) is 19.0. The summed E-state index contributed by atoms with van der Waals surface area (Å²) in [6, 6.07) is 23.7. The van der Waals surface area contributed by atoms with Crippen LogP contribution in [0.3, 0.4) is 0 Å². The number of sulfonamides is 1. The maximum Gasteiger partial charge on any atom is 0.264 e. The summed E-state index contributed by atoms with van der Waals surface area (Å²) in [7, 11) is -2.26. The molecule has 32 heavy (non-hydrogen) atoms. The number of nitrogens with zero attached hydrogens (tertiary/aromatic N) is 2. The lowest BCUT2D eigenvalue weighted by molar-refractivity contribution is 0.0791. The number of benzene rings is 3. The van der Waals surface area contributed by atoms with Gasteiger partial charge in [0, 0.05) is 37.4 Å². The minimum absolute atomic E-state index is 0.101. The Labute approximate surface area is 189 Å². The van der Waals surface area contributed by atoms with Gasteiger partial charge in [-0.25, -0.2) is 8.42 Å². The van der Waals surface area contributed by atoms with Crippen molar-refractivity contribution in [2.75, 3.05) is 29.8 Å². The van der Waals surface area contributed by atoms with E-state index in [1.165, 1.54) is 23.5 Å². The highest BCUT2D eigenvalue weighted by Gasteiger charge is 2.28. The van der Waals surface area contributed by atoms with Crippen LogP contribution in [0.15, 0.2) is 83.8 Å². The van der Waals surface area contributed by atoms with E-state index in [4.69, 9.17) is 0 Å². The third-order valence-corrected chi connectivity index (χ3v) is 7.54. The number of para-hydroxylation sites is 1. The molecule has 1 aliphatic rings. The van der Waals surface area contributed by atoms with Gasteiger partial charge in [0.05, 0.1) is 10.6 Å². The fraction of sp³-hybridized carbons (Fsp3) is 0.240. The molecular formula is C25H27N3O3S. The van der Waals surface area contributed by atoms with Gasteiger partial charge in [0.15, 0.2) is 0 Å². The second-order valence-corrected chi connectivity index (χ2v) is 10.1. The van der Waals surface area contributed by atoms with Crippen molar-refractivity contribution in [2.24, 2.45) is 0 Å². The number of rotatable bonds is 6. The van der Waals surface area contributed by atoms with Crippen LogP contribution in [0.2, 0.25) is 0 Å². The summed E-state index contributed by atoms with van der Waals surface area (Å²) in [6.45, 7) is 3.16. The molecule has 0 aromatic heterocycles. The molecule has 166 valence electrons. The summed E-state index contributed by atoms with van der Waals surface area (Å²) >= 11 is 0. The van der Waals surface area contributed by atoms with Crippen molar-refractivity contribution in [3.05, 3.63) is 90.0 Å². The van der Waals surface area contributed by atoms with Gasteiger partial charge >= 0.3 is 0 Å². The second kappa shape index (κ2) is 9.04. The minimum Gasteiger partial charge on any atom is -0.380 e. The zero-order chi connectivity index (χ0) is 22.7. The van der Waals surface area contributed by atoms with Gasteiger partial charge in [-0.15, -0.1) is 0 Å². The number of nitrogens with one attached hydrogen (secondary N) is 1. The zero-order valence-electron chi connectivity index (χ0n) is 18.2. The first-order chi connectivity index (χ1) is 15.3. The fourth-order valence-corrected chi connectivity index (χ4v) is 5.10. The Bertz CT molecular complexity index is 1190. The molecule has 1 saturated heterocycles. The average Bonchev–Trinajstić information content (AvgIpc) is 3.27. The number of hydrogen-bond donors (Lipinski definition) is 1. The van der Waals surface area contributed by atoms with E-state index in [0.29, 0.717) is 24.3 Å². The molecule has 0 saturated carbocycles. The largest absolute Gasteiger partial charge is 0.380 e. The molecule has 0 aliphatic carbocycles.